The van der Waals surface area contributed by atoms with Gasteiger partial charge in [0.05, 0.1) is 11.0 Å². The summed E-state index contributed by atoms with van der Waals surface area (Å²) in [6, 6.07) is 7.77. The van der Waals surface area contributed by atoms with Crippen LogP contribution in [0.4, 0.5) is 4.79 Å². The SMILES string of the molecule is Cc1nc2ccccc2n1CCNC(=O)NC(CCO)C(C)C. The number of aliphatic hydroxyl groups excluding tert-OH is 1. The third-order valence-electron chi connectivity index (χ3n) is 4.03. The monoisotopic (exact) mass is 318 g/mol. The highest BCUT2D eigenvalue weighted by Gasteiger charge is 2.15. The molecule has 6 heteroatoms. The molecule has 0 aliphatic heterocycles. The number of aromatic nitrogens is 2. The van der Waals surface area contributed by atoms with Crippen molar-refractivity contribution in [2.45, 2.75) is 39.8 Å². The smallest absolute Gasteiger partial charge is 0.315 e. The first kappa shape index (κ1) is 17.3. The minimum absolute atomic E-state index is 0.0178. The Bertz CT molecular complexity index is 651. The number of aliphatic hydroxyl groups is 1. The van der Waals surface area contributed by atoms with Gasteiger partial charge in [-0.15, -0.1) is 0 Å². The van der Waals surface area contributed by atoms with Crippen molar-refractivity contribution in [3.63, 3.8) is 0 Å². The molecule has 0 bridgehead atoms. The van der Waals surface area contributed by atoms with Crippen LogP contribution in [0.3, 0.4) is 0 Å². The van der Waals surface area contributed by atoms with Crippen LogP contribution in [0, 0.1) is 12.8 Å². The summed E-state index contributed by atoms with van der Waals surface area (Å²) in [5.74, 6) is 1.22. The lowest BCUT2D eigenvalue weighted by molar-refractivity contribution is 0.218. The van der Waals surface area contributed by atoms with Crippen molar-refractivity contribution in [3.05, 3.63) is 30.1 Å². The number of amides is 2. The Balaban J connectivity index is 1.88. The Hall–Kier alpha value is -2.08. The van der Waals surface area contributed by atoms with Crippen molar-refractivity contribution in [1.82, 2.24) is 20.2 Å². The minimum atomic E-state index is -0.195. The Morgan fingerprint density at radius 3 is 2.78 bits per heavy atom. The van der Waals surface area contributed by atoms with Crippen molar-refractivity contribution < 1.29 is 9.90 Å². The van der Waals surface area contributed by atoms with Crippen molar-refractivity contribution in [1.29, 1.82) is 0 Å². The average molecular weight is 318 g/mol. The number of carbonyl (C=O) groups excluding carboxylic acids is 1. The molecular weight excluding hydrogens is 292 g/mol. The zero-order valence-electron chi connectivity index (χ0n) is 14.0. The molecule has 0 fully saturated rings. The zero-order valence-corrected chi connectivity index (χ0v) is 14.0. The summed E-state index contributed by atoms with van der Waals surface area (Å²) in [5, 5.41) is 14.8. The molecule has 0 saturated heterocycles. The van der Waals surface area contributed by atoms with E-state index in [1.165, 1.54) is 0 Å². The molecule has 0 spiro atoms. The van der Waals surface area contributed by atoms with Crippen molar-refractivity contribution in [2.75, 3.05) is 13.2 Å². The van der Waals surface area contributed by atoms with Gasteiger partial charge in [-0.05, 0) is 31.4 Å². The number of aryl methyl sites for hydroxylation is 1. The van der Waals surface area contributed by atoms with Gasteiger partial charge < -0.3 is 20.3 Å². The third-order valence-corrected chi connectivity index (χ3v) is 4.03. The van der Waals surface area contributed by atoms with E-state index in [2.05, 4.69) is 20.2 Å². The number of rotatable bonds is 7. The predicted octanol–water partition coefficient (Wildman–Crippen LogP) is 2.05. The van der Waals surface area contributed by atoms with Gasteiger partial charge in [0.2, 0.25) is 0 Å². The van der Waals surface area contributed by atoms with Crippen LogP contribution in [0.25, 0.3) is 11.0 Å². The number of fused-ring (bicyclic) bond motifs is 1. The lowest BCUT2D eigenvalue weighted by atomic mass is 10.0. The lowest BCUT2D eigenvalue weighted by Gasteiger charge is -2.21. The van der Waals surface area contributed by atoms with Crippen LogP contribution in [0.15, 0.2) is 24.3 Å². The van der Waals surface area contributed by atoms with Crippen LogP contribution in [0.5, 0.6) is 0 Å². The van der Waals surface area contributed by atoms with Crippen molar-refractivity contribution in [3.8, 4) is 0 Å². The summed E-state index contributed by atoms with van der Waals surface area (Å²) in [4.78, 5) is 16.5. The fourth-order valence-electron chi connectivity index (χ4n) is 2.69. The van der Waals surface area contributed by atoms with Crippen LogP contribution in [0.2, 0.25) is 0 Å². The fraction of sp³-hybridized carbons (Fsp3) is 0.529. The van der Waals surface area contributed by atoms with Gasteiger partial charge in [0, 0.05) is 25.7 Å². The van der Waals surface area contributed by atoms with Crippen LogP contribution in [-0.2, 0) is 6.54 Å². The van der Waals surface area contributed by atoms with E-state index in [1.807, 2.05) is 45.0 Å². The van der Waals surface area contributed by atoms with E-state index >= 15 is 0 Å². The van der Waals surface area contributed by atoms with Gasteiger partial charge in [-0.25, -0.2) is 9.78 Å². The Labute approximate surface area is 136 Å². The summed E-state index contributed by atoms with van der Waals surface area (Å²) in [6.45, 7) is 7.30. The van der Waals surface area contributed by atoms with E-state index in [4.69, 9.17) is 5.11 Å². The van der Waals surface area contributed by atoms with E-state index in [0.29, 0.717) is 19.5 Å². The second-order valence-corrected chi connectivity index (χ2v) is 6.06. The molecule has 0 radical (unpaired) electrons. The summed E-state index contributed by atoms with van der Waals surface area (Å²) >= 11 is 0. The Morgan fingerprint density at radius 1 is 1.35 bits per heavy atom. The van der Waals surface area contributed by atoms with E-state index in [1.54, 1.807) is 0 Å². The molecule has 1 aromatic heterocycles. The minimum Gasteiger partial charge on any atom is -0.396 e. The number of nitrogens with one attached hydrogen (secondary N) is 2. The van der Waals surface area contributed by atoms with Crippen LogP contribution in [0.1, 0.15) is 26.1 Å². The Kier molecular flexibility index (Phi) is 5.98. The maximum Gasteiger partial charge on any atom is 0.315 e. The van der Waals surface area contributed by atoms with Gasteiger partial charge in [-0.2, -0.15) is 0 Å². The summed E-state index contributed by atoms with van der Waals surface area (Å²) < 4.78 is 2.10. The number of carbonyl (C=O) groups is 1. The number of benzene rings is 1. The topological polar surface area (TPSA) is 79.2 Å². The highest BCUT2D eigenvalue weighted by atomic mass is 16.3. The van der Waals surface area contributed by atoms with Gasteiger partial charge in [-0.1, -0.05) is 26.0 Å². The van der Waals surface area contributed by atoms with E-state index in [9.17, 15) is 4.79 Å². The first-order valence-corrected chi connectivity index (χ1v) is 8.10. The molecule has 0 aliphatic carbocycles. The van der Waals surface area contributed by atoms with Crippen molar-refractivity contribution >= 4 is 17.1 Å². The summed E-state index contributed by atoms with van der Waals surface area (Å²) in [7, 11) is 0. The van der Waals surface area contributed by atoms with Gasteiger partial charge in [0.25, 0.3) is 0 Å². The van der Waals surface area contributed by atoms with Gasteiger partial charge in [0.15, 0.2) is 0 Å². The molecule has 0 aliphatic rings. The maximum absolute atomic E-state index is 12.0. The lowest BCUT2D eigenvalue weighted by Crippen LogP contribution is -2.45. The van der Waals surface area contributed by atoms with Crippen LogP contribution < -0.4 is 10.6 Å². The molecule has 3 N–H and O–H groups in total. The standard InChI is InChI=1S/C17H26N4O2/c1-12(2)14(8-11-22)20-17(23)18-9-10-21-13(3)19-15-6-4-5-7-16(15)21/h4-7,12,14,22H,8-11H2,1-3H3,(H2,18,20,23). The van der Waals surface area contributed by atoms with E-state index in [0.717, 1.165) is 16.9 Å². The van der Waals surface area contributed by atoms with Gasteiger partial charge in [0.1, 0.15) is 5.82 Å². The quantitative estimate of drug-likeness (QED) is 0.731. The highest BCUT2D eigenvalue weighted by molar-refractivity contribution is 5.76. The molecule has 2 aromatic rings. The van der Waals surface area contributed by atoms with E-state index < -0.39 is 0 Å². The number of hydrogen-bond acceptors (Lipinski definition) is 3. The normalized spacial score (nSPS) is 12.6. The Morgan fingerprint density at radius 2 is 2.09 bits per heavy atom. The molecule has 1 aromatic carbocycles. The highest BCUT2D eigenvalue weighted by Crippen LogP contribution is 2.14. The van der Waals surface area contributed by atoms with Gasteiger partial charge in [-0.3, -0.25) is 0 Å². The molecular formula is C17H26N4O2. The third kappa shape index (κ3) is 4.45. The molecule has 126 valence electrons. The largest absolute Gasteiger partial charge is 0.396 e. The van der Waals surface area contributed by atoms with E-state index in [-0.39, 0.29) is 24.6 Å². The second kappa shape index (κ2) is 7.97. The van der Waals surface area contributed by atoms with Gasteiger partial charge >= 0.3 is 6.03 Å². The molecule has 23 heavy (non-hydrogen) atoms. The molecule has 2 rings (SSSR count). The number of hydrogen-bond donors (Lipinski definition) is 3. The first-order valence-electron chi connectivity index (χ1n) is 8.10. The maximum atomic E-state index is 12.0. The molecule has 0 saturated carbocycles. The molecule has 1 unspecified atom stereocenters. The zero-order chi connectivity index (χ0) is 16.8. The van der Waals surface area contributed by atoms with Crippen LogP contribution in [-0.4, -0.2) is 39.9 Å². The van der Waals surface area contributed by atoms with Crippen LogP contribution >= 0.6 is 0 Å². The average Bonchev–Trinajstić information content (AvgIpc) is 2.83. The summed E-state index contributed by atoms with van der Waals surface area (Å²) in [5.41, 5.74) is 2.05. The number of para-hydroxylation sites is 2. The molecule has 1 heterocycles. The fourth-order valence-corrected chi connectivity index (χ4v) is 2.69. The molecule has 2 amide bonds. The summed E-state index contributed by atoms with van der Waals surface area (Å²) in [6.07, 6.45) is 0.566. The number of imidazole rings is 1. The van der Waals surface area contributed by atoms with Crippen molar-refractivity contribution in [2.24, 2.45) is 5.92 Å². The second-order valence-electron chi connectivity index (χ2n) is 6.06. The number of urea groups is 1. The first-order chi connectivity index (χ1) is 11.0. The molecule has 6 nitrogen and oxygen atoms in total. The molecule has 1 atom stereocenters. The number of nitrogens with zero attached hydrogens (tertiary/aromatic N) is 2. The predicted molar refractivity (Wildman–Crippen MR) is 91.3 cm³/mol.